The van der Waals surface area contributed by atoms with Gasteiger partial charge in [0.25, 0.3) is 0 Å². The quantitative estimate of drug-likeness (QED) is 0.626. The monoisotopic (exact) mass is 214 g/mol. The minimum absolute atomic E-state index is 0.803. The highest BCUT2D eigenvalue weighted by Crippen LogP contribution is 2.14. The molecule has 0 spiro atoms. The molecule has 0 amide bonds. The van der Waals surface area contributed by atoms with Crippen molar-refractivity contribution in [2.45, 2.75) is 20.3 Å². The first-order valence-electron chi connectivity index (χ1n) is 5.26. The number of aromatic nitrogens is 3. The number of fused-ring (bicyclic) bond motifs is 1. The van der Waals surface area contributed by atoms with E-state index in [1.54, 1.807) is 6.20 Å². The largest absolute Gasteiger partial charge is 0.367 e. The number of nitrogens with one attached hydrogen (secondary N) is 1. The molecule has 0 bridgehead atoms. The molecule has 2 aromatic rings. The smallest absolute Gasteiger partial charge is 0.152 e. The Hall–Kier alpha value is -2.02. The molecule has 2 aromatic heterocycles. The van der Waals surface area contributed by atoms with E-state index in [0.29, 0.717) is 0 Å². The van der Waals surface area contributed by atoms with Crippen LogP contribution < -0.4 is 5.32 Å². The first-order valence-corrected chi connectivity index (χ1v) is 5.26. The third-order valence-corrected chi connectivity index (χ3v) is 2.23. The lowest BCUT2D eigenvalue weighted by molar-refractivity contribution is 0.919. The van der Waals surface area contributed by atoms with Gasteiger partial charge in [0.15, 0.2) is 5.82 Å². The number of aryl methyl sites for hydroxylation is 1. The first-order chi connectivity index (χ1) is 7.81. The zero-order valence-electron chi connectivity index (χ0n) is 9.49. The summed E-state index contributed by atoms with van der Waals surface area (Å²) in [5.74, 6) is 6.74. The first kappa shape index (κ1) is 10.5. The number of nitrogens with zero attached hydrogens (tertiary/aromatic N) is 3. The van der Waals surface area contributed by atoms with Gasteiger partial charge in [0.05, 0.1) is 5.69 Å². The molecule has 4 heteroatoms. The summed E-state index contributed by atoms with van der Waals surface area (Å²) in [7, 11) is 0. The van der Waals surface area contributed by atoms with Gasteiger partial charge in [-0.15, -0.1) is 11.8 Å². The summed E-state index contributed by atoms with van der Waals surface area (Å²) in [4.78, 5) is 4.30. The van der Waals surface area contributed by atoms with Crippen molar-refractivity contribution < 1.29 is 0 Å². The normalized spacial score (nSPS) is 9.88. The average molecular weight is 214 g/mol. The Kier molecular flexibility index (Phi) is 3.06. The molecule has 0 aliphatic rings. The van der Waals surface area contributed by atoms with Gasteiger partial charge in [-0.05, 0) is 19.9 Å². The second-order valence-electron chi connectivity index (χ2n) is 3.49. The topological polar surface area (TPSA) is 42.2 Å². The van der Waals surface area contributed by atoms with Crippen LogP contribution in [0.15, 0.2) is 18.5 Å². The maximum atomic E-state index is 4.33. The molecule has 1 N–H and O–H groups in total. The fourth-order valence-corrected chi connectivity index (χ4v) is 1.55. The zero-order valence-corrected chi connectivity index (χ0v) is 9.49. The Labute approximate surface area is 94.7 Å². The maximum Gasteiger partial charge on any atom is 0.152 e. The van der Waals surface area contributed by atoms with Crippen molar-refractivity contribution in [2.75, 3.05) is 11.9 Å². The molecular weight excluding hydrogens is 200 g/mol. The van der Waals surface area contributed by atoms with Crippen molar-refractivity contribution >= 4 is 11.3 Å². The molecule has 0 saturated heterocycles. The maximum absolute atomic E-state index is 4.33. The van der Waals surface area contributed by atoms with Crippen molar-refractivity contribution in [3.63, 3.8) is 0 Å². The van der Waals surface area contributed by atoms with Gasteiger partial charge >= 0.3 is 0 Å². The lowest BCUT2D eigenvalue weighted by atomic mass is 10.4. The van der Waals surface area contributed by atoms with Crippen LogP contribution in [-0.4, -0.2) is 21.1 Å². The predicted molar refractivity (Wildman–Crippen MR) is 64.3 cm³/mol. The standard InChI is InChI=1S/C12H14N4/c1-3-4-5-6-13-12-11-9-10(2)15-16(11)8-7-14-12/h7-9H,5-6H2,1-2H3,(H,13,14). The summed E-state index contributed by atoms with van der Waals surface area (Å²) < 4.78 is 1.83. The fraction of sp³-hybridized carbons (Fsp3) is 0.333. The van der Waals surface area contributed by atoms with E-state index in [-0.39, 0.29) is 0 Å². The van der Waals surface area contributed by atoms with E-state index in [1.807, 2.05) is 30.6 Å². The number of hydrogen-bond acceptors (Lipinski definition) is 3. The van der Waals surface area contributed by atoms with Gasteiger partial charge in [-0.2, -0.15) is 5.10 Å². The fourth-order valence-electron chi connectivity index (χ4n) is 1.55. The van der Waals surface area contributed by atoms with E-state index in [0.717, 1.165) is 30.0 Å². The predicted octanol–water partition coefficient (Wildman–Crippen LogP) is 1.86. The summed E-state index contributed by atoms with van der Waals surface area (Å²) in [5.41, 5.74) is 1.99. The molecule has 82 valence electrons. The molecular formula is C12H14N4. The highest BCUT2D eigenvalue weighted by atomic mass is 15.2. The third kappa shape index (κ3) is 2.14. The summed E-state index contributed by atoms with van der Waals surface area (Å²) in [5, 5.41) is 7.59. The van der Waals surface area contributed by atoms with Crippen LogP contribution in [0.25, 0.3) is 5.52 Å². The number of anilines is 1. The van der Waals surface area contributed by atoms with Gasteiger partial charge in [-0.3, -0.25) is 0 Å². The van der Waals surface area contributed by atoms with Crippen LogP contribution in [0, 0.1) is 18.8 Å². The van der Waals surface area contributed by atoms with Gasteiger partial charge in [0.1, 0.15) is 5.52 Å². The molecule has 0 saturated carbocycles. The molecule has 0 unspecified atom stereocenters. The van der Waals surface area contributed by atoms with Crippen LogP contribution in [-0.2, 0) is 0 Å². The molecule has 16 heavy (non-hydrogen) atoms. The number of rotatable bonds is 3. The van der Waals surface area contributed by atoms with E-state index in [2.05, 4.69) is 27.2 Å². The van der Waals surface area contributed by atoms with E-state index >= 15 is 0 Å². The van der Waals surface area contributed by atoms with Gasteiger partial charge in [-0.1, -0.05) is 0 Å². The van der Waals surface area contributed by atoms with E-state index < -0.39 is 0 Å². The highest BCUT2D eigenvalue weighted by molar-refractivity contribution is 5.67. The van der Waals surface area contributed by atoms with Gasteiger partial charge in [0, 0.05) is 25.4 Å². The summed E-state index contributed by atoms with van der Waals surface area (Å²) in [6.45, 7) is 4.62. The molecule has 0 radical (unpaired) electrons. The van der Waals surface area contributed by atoms with Crippen LogP contribution >= 0.6 is 0 Å². The molecule has 2 rings (SSSR count). The molecule has 0 aliphatic carbocycles. The Morgan fingerprint density at radius 1 is 1.50 bits per heavy atom. The highest BCUT2D eigenvalue weighted by Gasteiger charge is 2.03. The average Bonchev–Trinajstić information content (AvgIpc) is 2.65. The Balaban J connectivity index is 2.18. The molecule has 4 nitrogen and oxygen atoms in total. The van der Waals surface area contributed by atoms with Gasteiger partial charge < -0.3 is 5.32 Å². The molecule has 0 atom stereocenters. The van der Waals surface area contributed by atoms with Crippen LogP contribution in [0.1, 0.15) is 19.0 Å². The summed E-state index contributed by atoms with van der Waals surface area (Å²) in [6, 6.07) is 2.01. The lowest BCUT2D eigenvalue weighted by Gasteiger charge is -2.04. The van der Waals surface area contributed by atoms with E-state index in [4.69, 9.17) is 0 Å². The van der Waals surface area contributed by atoms with E-state index in [9.17, 15) is 0 Å². The molecule has 0 aromatic carbocycles. The molecule has 0 aliphatic heterocycles. The Bertz CT molecular complexity index is 545. The van der Waals surface area contributed by atoms with Crippen molar-refractivity contribution in [1.82, 2.24) is 14.6 Å². The minimum atomic E-state index is 0.803. The third-order valence-electron chi connectivity index (χ3n) is 2.23. The Morgan fingerprint density at radius 3 is 3.19 bits per heavy atom. The summed E-state index contributed by atoms with van der Waals surface area (Å²) >= 11 is 0. The van der Waals surface area contributed by atoms with Crippen LogP contribution in [0.2, 0.25) is 0 Å². The van der Waals surface area contributed by atoms with Gasteiger partial charge in [0.2, 0.25) is 0 Å². The summed E-state index contributed by atoms with van der Waals surface area (Å²) in [6.07, 6.45) is 4.42. The van der Waals surface area contributed by atoms with E-state index in [1.165, 1.54) is 0 Å². The minimum Gasteiger partial charge on any atom is -0.367 e. The lowest BCUT2D eigenvalue weighted by Crippen LogP contribution is -2.04. The van der Waals surface area contributed by atoms with Crippen LogP contribution in [0.3, 0.4) is 0 Å². The van der Waals surface area contributed by atoms with Crippen molar-refractivity contribution in [3.8, 4) is 11.8 Å². The van der Waals surface area contributed by atoms with Crippen molar-refractivity contribution in [2.24, 2.45) is 0 Å². The van der Waals surface area contributed by atoms with Gasteiger partial charge in [-0.25, -0.2) is 9.50 Å². The SMILES string of the molecule is CC#CCCNc1nccn2nc(C)cc12. The van der Waals surface area contributed by atoms with Crippen molar-refractivity contribution in [3.05, 3.63) is 24.2 Å². The van der Waals surface area contributed by atoms with Crippen molar-refractivity contribution in [1.29, 1.82) is 0 Å². The second kappa shape index (κ2) is 4.67. The number of hydrogen-bond donors (Lipinski definition) is 1. The Morgan fingerprint density at radius 2 is 2.38 bits per heavy atom. The molecule has 2 heterocycles. The van der Waals surface area contributed by atoms with Crippen LogP contribution in [0.5, 0.6) is 0 Å². The second-order valence-corrected chi connectivity index (χ2v) is 3.49. The molecule has 0 fully saturated rings. The van der Waals surface area contributed by atoms with Crippen LogP contribution in [0.4, 0.5) is 5.82 Å². The zero-order chi connectivity index (χ0) is 11.4.